The van der Waals surface area contributed by atoms with E-state index < -0.39 is 6.04 Å². The SMILES string of the molecule is COc1cccc(-c2nc3n(n2)C(c2ccccc2F)C2=C(CC(C)(C)CC2=O)N3)c1. The molecule has 2 heterocycles. The number of carbonyl (C=O) groups is 1. The summed E-state index contributed by atoms with van der Waals surface area (Å²) in [6.07, 6.45) is 1.09. The number of Topliss-reactive ketones (excluding diaryl/α,β-unsaturated/α-hetero) is 1. The zero-order valence-electron chi connectivity index (χ0n) is 17.6. The van der Waals surface area contributed by atoms with Crippen molar-refractivity contribution in [3.63, 3.8) is 0 Å². The van der Waals surface area contributed by atoms with Gasteiger partial charge < -0.3 is 10.1 Å². The van der Waals surface area contributed by atoms with Gasteiger partial charge in [-0.25, -0.2) is 9.07 Å². The van der Waals surface area contributed by atoms with Gasteiger partial charge in [-0.1, -0.05) is 44.2 Å². The number of hydrogen-bond acceptors (Lipinski definition) is 5. The van der Waals surface area contributed by atoms with Gasteiger partial charge >= 0.3 is 0 Å². The number of rotatable bonds is 3. The van der Waals surface area contributed by atoms with Gasteiger partial charge in [0.05, 0.1) is 7.11 Å². The summed E-state index contributed by atoms with van der Waals surface area (Å²) in [6, 6.07) is 13.3. The average molecular weight is 418 g/mol. The van der Waals surface area contributed by atoms with Gasteiger partial charge in [0.15, 0.2) is 11.6 Å². The standard InChI is InChI=1S/C24H23FN4O2/c1-24(2)12-18-20(19(30)13-24)21(16-9-4-5-10-17(16)25)29-23(26-18)27-22(28-29)14-7-6-8-15(11-14)31-3/h4-11,21H,12-13H2,1-3H3,(H,26,27,28). The molecule has 1 unspecified atom stereocenters. The van der Waals surface area contributed by atoms with E-state index >= 15 is 0 Å². The summed E-state index contributed by atoms with van der Waals surface area (Å²) in [4.78, 5) is 17.9. The molecule has 0 amide bonds. The molecule has 1 N–H and O–H groups in total. The van der Waals surface area contributed by atoms with E-state index in [1.807, 2.05) is 24.3 Å². The molecule has 1 aliphatic heterocycles. The van der Waals surface area contributed by atoms with Crippen LogP contribution in [0.25, 0.3) is 11.4 Å². The molecule has 0 radical (unpaired) electrons. The van der Waals surface area contributed by atoms with Crippen LogP contribution in [0.4, 0.5) is 10.3 Å². The fourth-order valence-corrected chi connectivity index (χ4v) is 4.48. The molecular weight excluding hydrogens is 395 g/mol. The normalized spacial score (nSPS) is 19.5. The molecular formula is C24H23FN4O2. The highest BCUT2D eigenvalue weighted by Gasteiger charge is 2.42. The van der Waals surface area contributed by atoms with E-state index in [0.717, 1.165) is 11.3 Å². The first-order valence-electron chi connectivity index (χ1n) is 10.2. The number of hydrogen-bond donors (Lipinski definition) is 1. The van der Waals surface area contributed by atoms with Gasteiger partial charge in [-0.15, -0.1) is 5.10 Å². The maximum atomic E-state index is 14.9. The van der Waals surface area contributed by atoms with Crippen LogP contribution in [0.2, 0.25) is 0 Å². The van der Waals surface area contributed by atoms with E-state index in [0.29, 0.717) is 41.5 Å². The van der Waals surface area contributed by atoms with Crippen molar-refractivity contribution in [2.24, 2.45) is 5.41 Å². The van der Waals surface area contributed by atoms with Crippen LogP contribution >= 0.6 is 0 Å². The van der Waals surface area contributed by atoms with E-state index in [4.69, 9.17) is 9.84 Å². The second-order valence-electron chi connectivity index (χ2n) is 8.82. The van der Waals surface area contributed by atoms with Gasteiger partial charge in [0.2, 0.25) is 5.95 Å². The first-order valence-corrected chi connectivity index (χ1v) is 10.2. The van der Waals surface area contributed by atoms with Crippen molar-refractivity contribution >= 4 is 11.7 Å². The molecule has 0 fully saturated rings. The number of benzene rings is 2. The zero-order chi connectivity index (χ0) is 21.8. The molecule has 6 nitrogen and oxygen atoms in total. The van der Waals surface area contributed by atoms with Crippen molar-refractivity contribution in [3.8, 4) is 17.1 Å². The fraction of sp³-hybridized carbons (Fsp3) is 0.292. The highest BCUT2D eigenvalue weighted by molar-refractivity contribution is 6.00. The molecule has 0 bridgehead atoms. The third-order valence-electron chi connectivity index (χ3n) is 5.86. The predicted octanol–water partition coefficient (Wildman–Crippen LogP) is 4.75. The lowest BCUT2D eigenvalue weighted by Crippen LogP contribution is -2.36. The minimum Gasteiger partial charge on any atom is -0.497 e. The van der Waals surface area contributed by atoms with Crippen LogP contribution in [-0.4, -0.2) is 27.7 Å². The highest BCUT2D eigenvalue weighted by Crippen LogP contribution is 2.46. The molecule has 158 valence electrons. The first kappa shape index (κ1) is 19.5. The molecule has 2 aliphatic rings. The summed E-state index contributed by atoms with van der Waals surface area (Å²) in [5, 5.41) is 8.01. The predicted molar refractivity (Wildman–Crippen MR) is 115 cm³/mol. The third-order valence-corrected chi connectivity index (χ3v) is 5.86. The monoisotopic (exact) mass is 418 g/mol. The first-order chi connectivity index (χ1) is 14.9. The largest absolute Gasteiger partial charge is 0.497 e. The Morgan fingerprint density at radius 3 is 2.74 bits per heavy atom. The number of ether oxygens (including phenoxy) is 1. The number of aromatic nitrogens is 3. The molecule has 2 aromatic carbocycles. The van der Waals surface area contributed by atoms with E-state index in [-0.39, 0.29) is 17.0 Å². The molecule has 7 heteroatoms. The smallest absolute Gasteiger partial charge is 0.226 e. The molecule has 0 saturated heterocycles. The van der Waals surface area contributed by atoms with Gasteiger partial charge in [-0.05, 0) is 30.0 Å². The maximum absolute atomic E-state index is 14.9. The second kappa shape index (κ2) is 7.04. The number of anilines is 1. The topological polar surface area (TPSA) is 69.0 Å². The van der Waals surface area contributed by atoms with Crippen molar-refractivity contribution < 1.29 is 13.9 Å². The Bertz CT molecular complexity index is 1230. The van der Waals surface area contributed by atoms with Gasteiger partial charge in [0.1, 0.15) is 17.6 Å². The molecule has 31 heavy (non-hydrogen) atoms. The van der Waals surface area contributed by atoms with E-state index in [1.165, 1.54) is 6.07 Å². The Balaban J connectivity index is 1.69. The van der Waals surface area contributed by atoms with Crippen LogP contribution in [0.3, 0.4) is 0 Å². The number of halogens is 1. The molecule has 3 aromatic rings. The van der Waals surface area contributed by atoms with Crippen LogP contribution in [0.15, 0.2) is 59.8 Å². The van der Waals surface area contributed by atoms with Crippen LogP contribution < -0.4 is 10.1 Å². The summed E-state index contributed by atoms with van der Waals surface area (Å²) in [7, 11) is 1.60. The molecule has 1 atom stereocenters. The van der Waals surface area contributed by atoms with Crippen molar-refractivity contribution in [3.05, 3.63) is 71.2 Å². The average Bonchev–Trinajstić information content (AvgIpc) is 3.16. The molecule has 0 spiro atoms. The summed E-state index contributed by atoms with van der Waals surface area (Å²) in [6.45, 7) is 4.13. The molecule has 5 rings (SSSR count). The van der Waals surface area contributed by atoms with Crippen LogP contribution in [0, 0.1) is 11.2 Å². The number of carbonyl (C=O) groups excluding carboxylic acids is 1. The fourth-order valence-electron chi connectivity index (χ4n) is 4.48. The van der Waals surface area contributed by atoms with Crippen molar-refractivity contribution in [1.82, 2.24) is 14.8 Å². The van der Waals surface area contributed by atoms with Gasteiger partial charge in [0, 0.05) is 28.8 Å². The summed E-state index contributed by atoms with van der Waals surface area (Å²) in [5.41, 5.74) is 2.37. The summed E-state index contributed by atoms with van der Waals surface area (Å²) < 4.78 is 21.8. The molecule has 0 saturated carbocycles. The summed E-state index contributed by atoms with van der Waals surface area (Å²) in [5.74, 6) is 1.31. The Labute approximate surface area is 179 Å². The zero-order valence-corrected chi connectivity index (χ0v) is 17.6. The van der Waals surface area contributed by atoms with Gasteiger partial charge in [-0.3, -0.25) is 4.79 Å². The van der Waals surface area contributed by atoms with E-state index in [9.17, 15) is 9.18 Å². The van der Waals surface area contributed by atoms with Crippen LogP contribution in [-0.2, 0) is 4.79 Å². The van der Waals surface area contributed by atoms with Gasteiger partial charge in [0.25, 0.3) is 0 Å². The number of ketones is 1. The Morgan fingerprint density at radius 1 is 1.16 bits per heavy atom. The number of nitrogens with one attached hydrogen (secondary N) is 1. The number of methoxy groups -OCH3 is 1. The number of nitrogens with zero attached hydrogens (tertiary/aromatic N) is 3. The Morgan fingerprint density at radius 2 is 1.97 bits per heavy atom. The van der Waals surface area contributed by atoms with Crippen LogP contribution in [0.5, 0.6) is 5.75 Å². The van der Waals surface area contributed by atoms with E-state index in [1.54, 1.807) is 30.0 Å². The van der Waals surface area contributed by atoms with Crippen molar-refractivity contribution in [2.45, 2.75) is 32.7 Å². The number of fused-ring (bicyclic) bond motifs is 1. The molecule has 1 aromatic heterocycles. The second-order valence-corrected chi connectivity index (χ2v) is 8.82. The Kier molecular flexibility index (Phi) is 4.43. The maximum Gasteiger partial charge on any atom is 0.226 e. The van der Waals surface area contributed by atoms with Gasteiger partial charge in [-0.2, -0.15) is 4.98 Å². The van der Waals surface area contributed by atoms with Crippen molar-refractivity contribution in [1.29, 1.82) is 0 Å². The minimum atomic E-state index is -0.664. The quantitative estimate of drug-likeness (QED) is 0.665. The Hall–Kier alpha value is -3.48. The lowest BCUT2D eigenvalue weighted by molar-refractivity contribution is -0.118. The van der Waals surface area contributed by atoms with E-state index in [2.05, 4.69) is 24.1 Å². The summed E-state index contributed by atoms with van der Waals surface area (Å²) >= 11 is 0. The lowest BCUT2D eigenvalue weighted by Gasteiger charge is -2.38. The lowest BCUT2D eigenvalue weighted by atomic mass is 9.73. The highest BCUT2D eigenvalue weighted by atomic mass is 19.1. The van der Waals surface area contributed by atoms with Crippen LogP contribution in [0.1, 0.15) is 38.3 Å². The molecule has 1 aliphatic carbocycles. The minimum absolute atomic E-state index is 0.0103. The third kappa shape index (κ3) is 3.30. The number of allylic oxidation sites excluding steroid dienone is 2. The van der Waals surface area contributed by atoms with Crippen molar-refractivity contribution in [2.75, 3.05) is 12.4 Å².